The second-order valence-corrected chi connectivity index (χ2v) is 5.51. The quantitative estimate of drug-likeness (QED) is 0.888. The number of imidazole rings is 1. The predicted octanol–water partition coefficient (Wildman–Crippen LogP) is 3.45. The van der Waals surface area contributed by atoms with E-state index < -0.39 is 0 Å². The van der Waals surface area contributed by atoms with Gasteiger partial charge in [0, 0.05) is 22.9 Å². The molecule has 96 valence electrons. The van der Waals surface area contributed by atoms with E-state index in [9.17, 15) is 0 Å². The first-order chi connectivity index (χ1) is 8.65. The van der Waals surface area contributed by atoms with Crippen molar-refractivity contribution in [2.75, 3.05) is 0 Å². The molecule has 3 nitrogen and oxygen atoms in total. The second kappa shape index (κ2) is 6.16. The van der Waals surface area contributed by atoms with Gasteiger partial charge in [0.2, 0.25) is 0 Å². The van der Waals surface area contributed by atoms with Crippen molar-refractivity contribution in [3.63, 3.8) is 0 Å². The molecule has 2 atom stereocenters. The monoisotopic (exact) mass is 307 g/mol. The van der Waals surface area contributed by atoms with E-state index in [1.165, 1.54) is 5.56 Å². The predicted molar refractivity (Wildman–Crippen MR) is 77.4 cm³/mol. The Bertz CT molecular complexity index is 464. The first-order valence-corrected chi connectivity index (χ1v) is 6.94. The summed E-state index contributed by atoms with van der Waals surface area (Å²) >= 11 is 3.45. The summed E-state index contributed by atoms with van der Waals surface area (Å²) < 4.78 is 1.12. The van der Waals surface area contributed by atoms with Crippen LogP contribution in [0.15, 0.2) is 41.1 Å². The van der Waals surface area contributed by atoms with E-state index in [0.29, 0.717) is 6.04 Å². The van der Waals surface area contributed by atoms with E-state index >= 15 is 0 Å². The fourth-order valence-electron chi connectivity index (χ4n) is 2.05. The Morgan fingerprint density at radius 1 is 1.28 bits per heavy atom. The molecule has 4 heteroatoms. The van der Waals surface area contributed by atoms with Gasteiger partial charge in [0.15, 0.2) is 0 Å². The van der Waals surface area contributed by atoms with Crippen LogP contribution >= 0.6 is 15.9 Å². The van der Waals surface area contributed by atoms with E-state index in [-0.39, 0.29) is 6.04 Å². The molecule has 1 heterocycles. The number of hydrogen-bond acceptors (Lipinski definition) is 2. The van der Waals surface area contributed by atoms with Gasteiger partial charge in [-0.2, -0.15) is 0 Å². The molecule has 0 aliphatic rings. The lowest BCUT2D eigenvalue weighted by atomic mass is 10.1. The lowest BCUT2D eigenvalue weighted by Gasteiger charge is -2.18. The molecule has 2 rings (SSSR count). The molecule has 0 spiro atoms. The molecule has 0 aliphatic carbocycles. The van der Waals surface area contributed by atoms with Gasteiger partial charge in [-0.25, -0.2) is 4.98 Å². The topological polar surface area (TPSA) is 40.7 Å². The van der Waals surface area contributed by atoms with Gasteiger partial charge < -0.3 is 10.3 Å². The molecule has 2 unspecified atom stereocenters. The average Bonchev–Trinajstić information content (AvgIpc) is 2.85. The molecule has 0 bridgehead atoms. The highest BCUT2D eigenvalue weighted by Gasteiger charge is 2.11. The molecule has 1 aromatic carbocycles. The van der Waals surface area contributed by atoms with Gasteiger partial charge in [0.25, 0.3) is 0 Å². The van der Waals surface area contributed by atoms with Crippen molar-refractivity contribution in [1.82, 2.24) is 15.3 Å². The summed E-state index contributed by atoms with van der Waals surface area (Å²) in [6, 6.07) is 9.12. The zero-order valence-corrected chi connectivity index (χ0v) is 12.2. The molecule has 18 heavy (non-hydrogen) atoms. The number of nitrogens with one attached hydrogen (secondary N) is 2. The minimum Gasteiger partial charge on any atom is -0.347 e. The van der Waals surface area contributed by atoms with Crippen molar-refractivity contribution in [2.45, 2.75) is 32.4 Å². The van der Waals surface area contributed by atoms with Gasteiger partial charge in [0.05, 0.1) is 6.04 Å². The van der Waals surface area contributed by atoms with Crippen LogP contribution in [0, 0.1) is 0 Å². The molecule has 2 aromatic rings. The minimum absolute atomic E-state index is 0.241. The van der Waals surface area contributed by atoms with Crippen LogP contribution in [0.3, 0.4) is 0 Å². The van der Waals surface area contributed by atoms with Crippen LogP contribution in [-0.2, 0) is 6.42 Å². The van der Waals surface area contributed by atoms with Crippen molar-refractivity contribution in [1.29, 1.82) is 0 Å². The molecule has 0 amide bonds. The molecule has 0 fully saturated rings. The smallest absolute Gasteiger partial charge is 0.122 e. The van der Waals surface area contributed by atoms with Gasteiger partial charge in [-0.3, -0.25) is 0 Å². The first kappa shape index (κ1) is 13.3. The highest BCUT2D eigenvalue weighted by Crippen LogP contribution is 2.13. The highest BCUT2D eigenvalue weighted by atomic mass is 79.9. The van der Waals surface area contributed by atoms with Crippen molar-refractivity contribution >= 4 is 15.9 Å². The standard InChI is InChI=1S/C14H18BrN3/c1-10(9-12-3-5-13(15)6-4-12)18-11(2)14-16-7-8-17-14/h3-8,10-11,18H,9H2,1-2H3,(H,16,17). The van der Waals surface area contributed by atoms with Crippen LogP contribution in [-0.4, -0.2) is 16.0 Å². The van der Waals surface area contributed by atoms with E-state index in [1.807, 2.05) is 6.20 Å². The molecular weight excluding hydrogens is 290 g/mol. The van der Waals surface area contributed by atoms with E-state index in [4.69, 9.17) is 0 Å². The van der Waals surface area contributed by atoms with Crippen molar-refractivity contribution < 1.29 is 0 Å². The maximum atomic E-state index is 4.26. The first-order valence-electron chi connectivity index (χ1n) is 6.15. The number of rotatable bonds is 5. The number of benzene rings is 1. The summed E-state index contributed by atoms with van der Waals surface area (Å²) in [5.41, 5.74) is 1.34. The molecule has 1 aromatic heterocycles. The summed E-state index contributed by atoms with van der Waals surface area (Å²) in [6.07, 6.45) is 4.65. The Hall–Kier alpha value is -1.13. The van der Waals surface area contributed by atoms with Gasteiger partial charge in [-0.1, -0.05) is 28.1 Å². The van der Waals surface area contributed by atoms with Gasteiger partial charge in [-0.15, -0.1) is 0 Å². The molecule has 0 aliphatic heterocycles. The van der Waals surface area contributed by atoms with E-state index in [0.717, 1.165) is 16.7 Å². The Morgan fingerprint density at radius 3 is 2.61 bits per heavy atom. The number of halogens is 1. The third-order valence-corrected chi connectivity index (χ3v) is 3.45. The molecule has 0 saturated heterocycles. The number of aromatic amines is 1. The van der Waals surface area contributed by atoms with Crippen LogP contribution in [0.4, 0.5) is 0 Å². The molecule has 0 radical (unpaired) electrons. The summed E-state index contributed by atoms with van der Waals surface area (Å²) in [5, 5.41) is 3.54. The zero-order chi connectivity index (χ0) is 13.0. The molecular formula is C14H18BrN3. The number of aromatic nitrogens is 2. The van der Waals surface area contributed by atoms with Gasteiger partial charge in [0.1, 0.15) is 5.82 Å². The van der Waals surface area contributed by atoms with Crippen LogP contribution in [0.1, 0.15) is 31.3 Å². The zero-order valence-electron chi connectivity index (χ0n) is 10.7. The van der Waals surface area contributed by atoms with Crippen LogP contribution in [0.2, 0.25) is 0 Å². The normalized spacial score (nSPS) is 14.4. The second-order valence-electron chi connectivity index (χ2n) is 4.59. The number of nitrogens with zero attached hydrogens (tertiary/aromatic N) is 1. The lowest BCUT2D eigenvalue weighted by molar-refractivity contribution is 0.464. The maximum Gasteiger partial charge on any atom is 0.122 e. The third kappa shape index (κ3) is 3.68. The average molecular weight is 308 g/mol. The fourth-order valence-corrected chi connectivity index (χ4v) is 2.32. The lowest BCUT2D eigenvalue weighted by Crippen LogP contribution is -2.31. The summed E-state index contributed by atoms with van der Waals surface area (Å²) in [4.78, 5) is 7.40. The molecule has 2 N–H and O–H groups in total. The summed E-state index contributed by atoms with van der Waals surface area (Å²) in [6.45, 7) is 4.32. The van der Waals surface area contributed by atoms with Crippen molar-refractivity contribution in [3.05, 3.63) is 52.5 Å². The number of H-pyrrole nitrogens is 1. The Balaban J connectivity index is 1.88. The van der Waals surface area contributed by atoms with Crippen molar-refractivity contribution in [2.24, 2.45) is 0 Å². The van der Waals surface area contributed by atoms with Crippen LogP contribution < -0.4 is 5.32 Å². The Labute approximate surface area is 116 Å². The van der Waals surface area contributed by atoms with Gasteiger partial charge in [-0.05, 0) is 38.0 Å². The van der Waals surface area contributed by atoms with Gasteiger partial charge >= 0.3 is 0 Å². The highest BCUT2D eigenvalue weighted by molar-refractivity contribution is 9.10. The molecule has 0 saturated carbocycles. The Morgan fingerprint density at radius 2 is 2.00 bits per heavy atom. The van der Waals surface area contributed by atoms with E-state index in [1.54, 1.807) is 6.20 Å². The van der Waals surface area contributed by atoms with E-state index in [2.05, 4.69) is 69.3 Å². The maximum absolute atomic E-state index is 4.26. The van der Waals surface area contributed by atoms with Crippen LogP contribution in [0.5, 0.6) is 0 Å². The Kier molecular flexibility index (Phi) is 4.55. The SMILES string of the molecule is CC(Cc1ccc(Br)cc1)NC(C)c1ncc[nH]1. The largest absolute Gasteiger partial charge is 0.347 e. The number of hydrogen-bond donors (Lipinski definition) is 2. The van der Waals surface area contributed by atoms with Crippen molar-refractivity contribution in [3.8, 4) is 0 Å². The third-order valence-electron chi connectivity index (χ3n) is 2.92. The van der Waals surface area contributed by atoms with Crippen LogP contribution in [0.25, 0.3) is 0 Å². The summed E-state index contributed by atoms with van der Waals surface area (Å²) in [7, 11) is 0. The fraction of sp³-hybridized carbons (Fsp3) is 0.357. The minimum atomic E-state index is 0.241. The summed E-state index contributed by atoms with van der Waals surface area (Å²) in [5.74, 6) is 0.984.